The summed E-state index contributed by atoms with van der Waals surface area (Å²) in [4.78, 5) is 22.2. The summed E-state index contributed by atoms with van der Waals surface area (Å²) in [6, 6.07) is -0.817. The third kappa shape index (κ3) is 1.30. The molecule has 2 fully saturated rings. The summed E-state index contributed by atoms with van der Waals surface area (Å²) in [6.45, 7) is -0.355. The number of hydrogen-bond acceptors (Lipinski definition) is 6. The SMILES string of the molecule is O=C1NC(=O)[C@@]2(N1)OC[C@@H](O)[C@H](O)[C@H]2O. The van der Waals surface area contributed by atoms with Gasteiger partial charge in [-0.3, -0.25) is 15.4 Å². The Morgan fingerprint density at radius 2 is 2.00 bits per heavy atom. The Morgan fingerprint density at radius 1 is 1.33 bits per heavy atom. The molecule has 2 saturated heterocycles. The van der Waals surface area contributed by atoms with Crippen molar-refractivity contribution in [2.75, 3.05) is 6.61 Å². The highest BCUT2D eigenvalue weighted by molar-refractivity contribution is 6.06. The number of urea groups is 1. The molecule has 8 nitrogen and oxygen atoms in total. The first-order chi connectivity index (χ1) is 6.97. The van der Waals surface area contributed by atoms with E-state index in [2.05, 4.69) is 5.32 Å². The lowest BCUT2D eigenvalue weighted by atomic mass is 9.94. The lowest BCUT2D eigenvalue weighted by Gasteiger charge is -2.40. The highest BCUT2D eigenvalue weighted by atomic mass is 16.6. The molecule has 2 aliphatic rings. The van der Waals surface area contributed by atoms with Crippen molar-refractivity contribution in [3.8, 4) is 0 Å². The van der Waals surface area contributed by atoms with Crippen LogP contribution in [0.2, 0.25) is 0 Å². The Kier molecular flexibility index (Phi) is 2.15. The number of carbonyl (C=O) groups is 2. The second-order valence-corrected chi connectivity index (χ2v) is 3.46. The molecule has 0 radical (unpaired) electrons. The van der Waals surface area contributed by atoms with Crippen LogP contribution < -0.4 is 10.6 Å². The topological polar surface area (TPSA) is 128 Å². The van der Waals surface area contributed by atoms with Crippen LogP contribution >= 0.6 is 0 Å². The van der Waals surface area contributed by atoms with E-state index in [9.17, 15) is 19.8 Å². The van der Waals surface area contributed by atoms with E-state index in [-0.39, 0.29) is 6.61 Å². The van der Waals surface area contributed by atoms with Crippen molar-refractivity contribution in [2.45, 2.75) is 24.0 Å². The van der Waals surface area contributed by atoms with Gasteiger partial charge in [-0.2, -0.15) is 0 Å². The molecule has 0 unspecified atom stereocenters. The average molecular weight is 218 g/mol. The Labute approximate surface area is 83.8 Å². The van der Waals surface area contributed by atoms with Crippen LogP contribution in [0.3, 0.4) is 0 Å². The van der Waals surface area contributed by atoms with Gasteiger partial charge in [0.25, 0.3) is 11.6 Å². The fourth-order valence-electron chi connectivity index (χ4n) is 1.61. The van der Waals surface area contributed by atoms with Crippen LogP contribution in [0.15, 0.2) is 0 Å². The molecule has 2 heterocycles. The highest BCUT2D eigenvalue weighted by Gasteiger charge is 2.59. The summed E-state index contributed by atoms with van der Waals surface area (Å²) < 4.78 is 4.90. The van der Waals surface area contributed by atoms with Crippen molar-refractivity contribution >= 4 is 11.9 Å². The van der Waals surface area contributed by atoms with Gasteiger partial charge < -0.3 is 20.1 Å². The normalized spacial score (nSPS) is 45.4. The zero-order chi connectivity index (χ0) is 11.2. The first-order valence-corrected chi connectivity index (χ1v) is 4.29. The number of hydrogen-bond donors (Lipinski definition) is 5. The van der Waals surface area contributed by atoms with Crippen LogP contribution in [0.25, 0.3) is 0 Å². The number of aliphatic hydroxyl groups is 3. The predicted octanol–water partition coefficient (Wildman–Crippen LogP) is -3.36. The summed E-state index contributed by atoms with van der Waals surface area (Å²) >= 11 is 0. The van der Waals surface area contributed by atoms with Crippen LogP contribution in [-0.4, -0.2) is 57.9 Å². The monoisotopic (exact) mass is 218 g/mol. The van der Waals surface area contributed by atoms with Gasteiger partial charge in [0.15, 0.2) is 0 Å². The Hall–Kier alpha value is -1.22. The summed E-state index contributed by atoms with van der Waals surface area (Å²) in [5.41, 5.74) is -1.99. The van der Waals surface area contributed by atoms with E-state index >= 15 is 0 Å². The number of imide groups is 1. The molecule has 0 aromatic heterocycles. The molecule has 0 bridgehead atoms. The van der Waals surface area contributed by atoms with E-state index in [1.807, 2.05) is 5.32 Å². The van der Waals surface area contributed by atoms with Gasteiger partial charge >= 0.3 is 6.03 Å². The summed E-state index contributed by atoms with van der Waals surface area (Å²) in [5, 5.41) is 32.1. The lowest BCUT2D eigenvalue weighted by Crippen LogP contribution is -2.68. The minimum Gasteiger partial charge on any atom is -0.388 e. The molecule has 84 valence electrons. The quantitative estimate of drug-likeness (QED) is 0.270. The van der Waals surface area contributed by atoms with Crippen molar-refractivity contribution < 1.29 is 29.6 Å². The van der Waals surface area contributed by atoms with E-state index in [4.69, 9.17) is 9.84 Å². The molecule has 0 aromatic carbocycles. The summed E-state index contributed by atoms with van der Waals surface area (Å²) in [5.74, 6) is -0.883. The first kappa shape index (κ1) is 10.3. The van der Waals surface area contributed by atoms with E-state index in [1.54, 1.807) is 0 Å². The number of aliphatic hydroxyl groups excluding tert-OH is 3. The smallest absolute Gasteiger partial charge is 0.324 e. The van der Waals surface area contributed by atoms with Crippen molar-refractivity contribution in [1.29, 1.82) is 0 Å². The molecule has 1 spiro atoms. The Bertz CT molecular complexity index is 321. The van der Waals surface area contributed by atoms with Crippen molar-refractivity contribution in [3.05, 3.63) is 0 Å². The fraction of sp³-hybridized carbons (Fsp3) is 0.714. The number of amides is 3. The molecule has 15 heavy (non-hydrogen) atoms. The third-order valence-electron chi connectivity index (χ3n) is 2.48. The molecule has 0 aromatic rings. The van der Waals surface area contributed by atoms with Crippen LogP contribution in [0.4, 0.5) is 4.79 Å². The lowest BCUT2D eigenvalue weighted by molar-refractivity contribution is -0.233. The van der Waals surface area contributed by atoms with Gasteiger partial charge in [0, 0.05) is 0 Å². The third-order valence-corrected chi connectivity index (χ3v) is 2.48. The van der Waals surface area contributed by atoms with Gasteiger partial charge in [0.2, 0.25) is 0 Å². The number of rotatable bonds is 0. The van der Waals surface area contributed by atoms with Crippen LogP contribution in [0.5, 0.6) is 0 Å². The fourth-order valence-corrected chi connectivity index (χ4v) is 1.61. The molecular weight excluding hydrogens is 208 g/mol. The van der Waals surface area contributed by atoms with Crippen molar-refractivity contribution in [1.82, 2.24) is 10.6 Å². The number of ether oxygens (including phenoxy) is 1. The zero-order valence-electron chi connectivity index (χ0n) is 7.51. The van der Waals surface area contributed by atoms with Crippen molar-refractivity contribution in [2.24, 2.45) is 0 Å². The van der Waals surface area contributed by atoms with E-state index in [0.717, 1.165) is 0 Å². The standard InChI is InChI=1S/C7H10N2O6/c10-2-1-15-7(4(12)3(2)11)5(13)8-6(14)9-7/h2-4,10-12H,1H2,(H2,8,9,13,14)/t2-,3+,4-,7+/m1/s1. The average Bonchev–Trinajstić information content (AvgIpc) is 2.46. The molecule has 2 rings (SSSR count). The van der Waals surface area contributed by atoms with E-state index in [0.29, 0.717) is 0 Å². The van der Waals surface area contributed by atoms with Gasteiger partial charge in [-0.15, -0.1) is 0 Å². The maximum absolute atomic E-state index is 11.4. The highest BCUT2D eigenvalue weighted by Crippen LogP contribution is 2.26. The number of nitrogens with one attached hydrogen (secondary N) is 2. The molecule has 8 heteroatoms. The van der Waals surface area contributed by atoms with Crippen LogP contribution in [0, 0.1) is 0 Å². The van der Waals surface area contributed by atoms with Gasteiger partial charge in [0.1, 0.15) is 18.3 Å². The maximum atomic E-state index is 11.4. The second kappa shape index (κ2) is 3.14. The summed E-state index contributed by atoms with van der Waals surface area (Å²) in [6.07, 6.45) is -4.56. The largest absolute Gasteiger partial charge is 0.388 e. The van der Waals surface area contributed by atoms with Crippen molar-refractivity contribution in [3.63, 3.8) is 0 Å². The predicted molar refractivity (Wildman–Crippen MR) is 43.4 cm³/mol. The molecule has 0 saturated carbocycles. The summed E-state index contributed by atoms with van der Waals surface area (Å²) in [7, 11) is 0. The Balaban J connectivity index is 2.29. The van der Waals surface area contributed by atoms with Gasteiger partial charge in [-0.25, -0.2) is 4.79 Å². The van der Waals surface area contributed by atoms with E-state index < -0.39 is 36.0 Å². The minimum absolute atomic E-state index is 0.355. The van der Waals surface area contributed by atoms with E-state index in [1.165, 1.54) is 0 Å². The van der Waals surface area contributed by atoms with Gasteiger partial charge in [0.05, 0.1) is 6.61 Å². The van der Waals surface area contributed by atoms with Gasteiger partial charge in [-0.05, 0) is 0 Å². The molecular formula is C7H10N2O6. The Morgan fingerprint density at radius 3 is 2.53 bits per heavy atom. The van der Waals surface area contributed by atoms with Crippen LogP contribution in [0.1, 0.15) is 0 Å². The molecule has 0 aliphatic carbocycles. The first-order valence-electron chi connectivity index (χ1n) is 4.29. The molecule has 4 atom stereocenters. The van der Waals surface area contributed by atoms with Gasteiger partial charge in [-0.1, -0.05) is 0 Å². The minimum atomic E-state index is -1.99. The zero-order valence-corrected chi connectivity index (χ0v) is 7.51. The second-order valence-electron chi connectivity index (χ2n) is 3.46. The molecule has 3 amide bonds. The number of carbonyl (C=O) groups excluding carboxylic acids is 2. The molecule has 2 aliphatic heterocycles. The molecule has 5 N–H and O–H groups in total. The maximum Gasteiger partial charge on any atom is 0.324 e. The van der Waals surface area contributed by atoms with Crippen LogP contribution in [-0.2, 0) is 9.53 Å².